The van der Waals surface area contributed by atoms with Crippen molar-refractivity contribution in [2.45, 2.75) is 44.1 Å². The van der Waals surface area contributed by atoms with Crippen LogP contribution in [0.15, 0.2) is 24.3 Å². The summed E-state index contributed by atoms with van der Waals surface area (Å²) in [7, 11) is 1.61. The van der Waals surface area contributed by atoms with Crippen molar-refractivity contribution in [2.75, 3.05) is 11.9 Å². The highest BCUT2D eigenvalue weighted by Crippen LogP contribution is 2.30. The highest BCUT2D eigenvalue weighted by molar-refractivity contribution is 6.01. The average Bonchev–Trinajstić information content (AvgIpc) is 2.46. The Bertz CT molecular complexity index is 536. The minimum atomic E-state index is -1.04. The van der Waals surface area contributed by atoms with Gasteiger partial charge < -0.3 is 15.7 Å². The van der Waals surface area contributed by atoms with Gasteiger partial charge in [0.25, 0.3) is 0 Å². The number of carbonyl (C=O) groups is 2. The molecule has 1 aliphatic rings. The van der Waals surface area contributed by atoms with Gasteiger partial charge in [-0.25, -0.2) is 4.79 Å². The maximum absolute atomic E-state index is 12.4. The molecule has 1 aromatic carbocycles. The van der Waals surface area contributed by atoms with Gasteiger partial charge in [0.1, 0.15) is 0 Å². The van der Waals surface area contributed by atoms with Crippen LogP contribution < -0.4 is 10.6 Å². The molecule has 1 fully saturated rings. The summed E-state index contributed by atoms with van der Waals surface area (Å²) in [5.74, 6) is -1.17. The fourth-order valence-corrected chi connectivity index (χ4v) is 2.93. The van der Waals surface area contributed by atoms with Crippen molar-refractivity contribution in [3.05, 3.63) is 29.8 Å². The van der Waals surface area contributed by atoms with Crippen LogP contribution in [0.2, 0.25) is 0 Å². The lowest BCUT2D eigenvalue weighted by molar-refractivity contribution is -0.119. The summed E-state index contributed by atoms with van der Waals surface area (Å²) in [6.07, 6.45) is 5.25. The number of hydrogen-bond acceptors (Lipinski definition) is 3. The number of aromatic carboxylic acids is 1. The zero-order chi connectivity index (χ0) is 15.5. The molecule has 2 rings (SSSR count). The quantitative estimate of drug-likeness (QED) is 0.892. The molecule has 0 aromatic heterocycles. The second kappa shape index (κ2) is 6.26. The standard InChI is InChI=1S/C16H22N2O3/c1-18(13-8-4-3-7-12(13)15(20)21)14(19)11-16(17)9-5-2-6-10-16/h3-4,7-8H,2,5-6,9-11,17H2,1H3,(H,20,21). The minimum Gasteiger partial charge on any atom is -0.478 e. The Morgan fingerprint density at radius 1 is 1.24 bits per heavy atom. The van der Waals surface area contributed by atoms with Crippen LogP contribution in [0.5, 0.6) is 0 Å². The number of carbonyl (C=O) groups excluding carboxylic acids is 1. The van der Waals surface area contributed by atoms with Crippen LogP contribution in [0.25, 0.3) is 0 Å². The number of rotatable bonds is 4. The van der Waals surface area contributed by atoms with Crippen LogP contribution in [0.4, 0.5) is 5.69 Å². The topological polar surface area (TPSA) is 83.6 Å². The van der Waals surface area contributed by atoms with E-state index in [-0.39, 0.29) is 17.9 Å². The van der Waals surface area contributed by atoms with Crippen molar-refractivity contribution in [1.82, 2.24) is 0 Å². The number of carboxylic acid groups (broad SMARTS) is 1. The molecule has 5 nitrogen and oxygen atoms in total. The summed E-state index contributed by atoms with van der Waals surface area (Å²) in [4.78, 5) is 25.1. The van der Waals surface area contributed by atoms with Gasteiger partial charge >= 0.3 is 5.97 Å². The van der Waals surface area contributed by atoms with E-state index in [0.717, 1.165) is 25.7 Å². The molecule has 0 spiro atoms. The van der Waals surface area contributed by atoms with Crippen LogP contribution in [0.1, 0.15) is 48.9 Å². The zero-order valence-corrected chi connectivity index (χ0v) is 12.3. The van der Waals surface area contributed by atoms with E-state index in [1.807, 2.05) is 0 Å². The molecule has 0 radical (unpaired) electrons. The molecule has 114 valence electrons. The van der Waals surface area contributed by atoms with E-state index in [1.54, 1.807) is 25.2 Å². The number of nitrogens with zero attached hydrogens (tertiary/aromatic N) is 1. The van der Waals surface area contributed by atoms with E-state index in [9.17, 15) is 14.7 Å². The molecule has 0 aliphatic heterocycles. The van der Waals surface area contributed by atoms with Gasteiger partial charge in [-0.1, -0.05) is 31.4 Å². The van der Waals surface area contributed by atoms with Gasteiger partial charge in [-0.15, -0.1) is 0 Å². The van der Waals surface area contributed by atoms with E-state index in [2.05, 4.69) is 0 Å². The highest BCUT2D eigenvalue weighted by atomic mass is 16.4. The molecule has 1 aromatic rings. The summed E-state index contributed by atoms with van der Waals surface area (Å²) in [5.41, 5.74) is 6.41. The van der Waals surface area contributed by atoms with Gasteiger partial charge in [0.2, 0.25) is 5.91 Å². The molecule has 0 saturated heterocycles. The van der Waals surface area contributed by atoms with E-state index >= 15 is 0 Å². The lowest BCUT2D eigenvalue weighted by atomic mass is 9.80. The van der Waals surface area contributed by atoms with E-state index in [1.165, 1.54) is 17.4 Å². The molecule has 0 atom stereocenters. The van der Waals surface area contributed by atoms with Gasteiger partial charge in [0.05, 0.1) is 11.3 Å². The fourth-order valence-electron chi connectivity index (χ4n) is 2.93. The summed E-state index contributed by atoms with van der Waals surface area (Å²) in [5, 5.41) is 9.21. The van der Waals surface area contributed by atoms with Gasteiger partial charge in [0.15, 0.2) is 0 Å². The summed E-state index contributed by atoms with van der Waals surface area (Å²) in [6.45, 7) is 0. The lowest BCUT2D eigenvalue weighted by Crippen LogP contribution is -2.46. The van der Waals surface area contributed by atoms with Crippen LogP contribution >= 0.6 is 0 Å². The van der Waals surface area contributed by atoms with E-state index < -0.39 is 11.5 Å². The van der Waals surface area contributed by atoms with Gasteiger partial charge in [0, 0.05) is 19.0 Å². The molecule has 1 aliphatic carbocycles. The number of carboxylic acids is 1. The largest absolute Gasteiger partial charge is 0.478 e. The van der Waals surface area contributed by atoms with Crippen molar-refractivity contribution in [1.29, 1.82) is 0 Å². The van der Waals surface area contributed by atoms with Crippen molar-refractivity contribution < 1.29 is 14.7 Å². The second-order valence-electron chi connectivity index (χ2n) is 5.87. The van der Waals surface area contributed by atoms with Crippen molar-refractivity contribution in [3.8, 4) is 0 Å². The molecular weight excluding hydrogens is 268 g/mol. The Balaban J connectivity index is 2.14. The summed E-state index contributed by atoms with van der Waals surface area (Å²) < 4.78 is 0. The van der Waals surface area contributed by atoms with Crippen molar-refractivity contribution in [3.63, 3.8) is 0 Å². The third-order valence-corrected chi connectivity index (χ3v) is 4.22. The van der Waals surface area contributed by atoms with Crippen LogP contribution in [0.3, 0.4) is 0 Å². The molecule has 3 N–H and O–H groups in total. The number of para-hydroxylation sites is 1. The number of amides is 1. The minimum absolute atomic E-state index is 0.128. The molecule has 1 saturated carbocycles. The SMILES string of the molecule is CN(C(=O)CC1(N)CCCCC1)c1ccccc1C(=O)O. The van der Waals surface area contributed by atoms with Gasteiger partial charge in [-0.2, -0.15) is 0 Å². The highest BCUT2D eigenvalue weighted by Gasteiger charge is 2.31. The Labute approximate surface area is 124 Å². The Morgan fingerprint density at radius 3 is 2.48 bits per heavy atom. The molecule has 5 heteroatoms. The van der Waals surface area contributed by atoms with Crippen LogP contribution in [-0.4, -0.2) is 29.6 Å². The van der Waals surface area contributed by atoms with Gasteiger partial charge in [-0.3, -0.25) is 4.79 Å². The van der Waals surface area contributed by atoms with Gasteiger partial charge in [-0.05, 0) is 25.0 Å². The first-order valence-corrected chi connectivity index (χ1v) is 7.31. The van der Waals surface area contributed by atoms with Crippen LogP contribution in [-0.2, 0) is 4.79 Å². The number of hydrogen-bond donors (Lipinski definition) is 2. The zero-order valence-electron chi connectivity index (χ0n) is 12.3. The second-order valence-corrected chi connectivity index (χ2v) is 5.87. The first-order valence-electron chi connectivity index (χ1n) is 7.31. The predicted octanol–water partition coefficient (Wildman–Crippen LogP) is 2.40. The summed E-state index contributed by atoms with van der Waals surface area (Å²) in [6, 6.07) is 6.52. The number of anilines is 1. The maximum Gasteiger partial charge on any atom is 0.337 e. The predicted molar refractivity (Wildman–Crippen MR) is 81.4 cm³/mol. The monoisotopic (exact) mass is 290 g/mol. The third-order valence-electron chi connectivity index (χ3n) is 4.22. The Hall–Kier alpha value is -1.88. The van der Waals surface area contributed by atoms with E-state index in [4.69, 9.17) is 5.73 Å². The first-order chi connectivity index (χ1) is 9.93. The Morgan fingerprint density at radius 2 is 1.86 bits per heavy atom. The molecule has 0 unspecified atom stereocenters. The molecule has 0 heterocycles. The van der Waals surface area contributed by atoms with Crippen molar-refractivity contribution in [2.24, 2.45) is 5.73 Å². The number of benzene rings is 1. The molecule has 1 amide bonds. The first kappa shape index (κ1) is 15.5. The molecule has 21 heavy (non-hydrogen) atoms. The summed E-state index contributed by atoms with van der Waals surface area (Å²) >= 11 is 0. The Kier molecular flexibility index (Phi) is 4.63. The average molecular weight is 290 g/mol. The third kappa shape index (κ3) is 3.61. The van der Waals surface area contributed by atoms with E-state index in [0.29, 0.717) is 5.69 Å². The van der Waals surface area contributed by atoms with Crippen molar-refractivity contribution >= 4 is 17.6 Å². The molecule has 0 bridgehead atoms. The normalized spacial score (nSPS) is 17.2. The maximum atomic E-state index is 12.4. The fraction of sp³-hybridized carbons (Fsp3) is 0.500. The lowest BCUT2D eigenvalue weighted by Gasteiger charge is -2.34. The smallest absolute Gasteiger partial charge is 0.337 e. The molecular formula is C16H22N2O3. The number of nitrogens with two attached hydrogens (primary N) is 1. The van der Waals surface area contributed by atoms with Crippen LogP contribution in [0, 0.1) is 0 Å².